The Kier molecular flexibility index (Phi) is 4.27. The third kappa shape index (κ3) is 3.29. The minimum Gasteiger partial charge on any atom is -0.486 e. The average Bonchev–Trinajstić information content (AvgIpc) is 2.44. The van der Waals surface area contributed by atoms with Gasteiger partial charge < -0.3 is 15.2 Å². The van der Waals surface area contributed by atoms with Crippen molar-refractivity contribution in [2.75, 3.05) is 19.8 Å². The van der Waals surface area contributed by atoms with Crippen LogP contribution >= 0.6 is 0 Å². The Bertz CT molecular complexity index is 701. The van der Waals surface area contributed by atoms with Crippen molar-refractivity contribution in [3.63, 3.8) is 0 Å². The van der Waals surface area contributed by atoms with Crippen molar-refractivity contribution in [1.29, 1.82) is 0 Å². The Balaban J connectivity index is 2.55. The highest BCUT2D eigenvalue weighted by atomic mass is 32.2. The number of nitrogens with two attached hydrogens (primary N) is 1. The second-order valence-corrected chi connectivity index (χ2v) is 7.07. The molecule has 2 rings (SSSR count). The lowest BCUT2D eigenvalue weighted by atomic mass is 10.1. The minimum atomic E-state index is -4.15. The van der Waals surface area contributed by atoms with Gasteiger partial charge in [0.2, 0.25) is 10.0 Å². The van der Waals surface area contributed by atoms with Crippen LogP contribution in [0.1, 0.15) is 13.8 Å². The number of nitrogens with one attached hydrogen (secondary N) is 1. The van der Waals surface area contributed by atoms with Gasteiger partial charge in [-0.3, -0.25) is 10.1 Å². The Morgan fingerprint density at radius 3 is 2.36 bits per heavy atom. The molecule has 1 aliphatic rings. The number of hydrogen-bond donors (Lipinski definition) is 2. The monoisotopic (exact) mass is 331 g/mol. The van der Waals surface area contributed by atoms with Gasteiger partial charge >= 0.3 is 0 Å². The molecule has 0 aromatic heterocycles. The second kappa shape index (κ2) is 5.71. The summed E-state index contributed by atoms with van der Waals surface area (Å²) in [5.74, 6) is 0.303. The average molecular weight is 331 g/mol. The van der Waals surface area contributed by atoms with E-state index in [0.717, 1.165) is 12.1 Å². The molecule has 0 atom stereocenters. The smallest absolute Gasteiger partial charge is 0.293 e. The maximum atomic E-state index is 12.5. The molecule has 0 fully saturated rings. The first kappa shape index (κ1) is 16.5. The number of ether oxygens (including phenoxy) is 2. The van der Waals surface area contributed by atoms with Crippen molar-refractivity contribution >= 4 is 15.7 Å². The van der Waals surface area contributed by atoms with Crippen LogP contribution in [-0.4, -0.2) is 38.6 Å². The van der Waals surface area contributed by atoms with Crippen LogP contribution in [0.4, 0.5) is 5.69 Å². The number of hydrogen-bond acceptors (Lipinski definition) is 7. The van der Waals surface area contributed by atoms with Crippen LogP contribution in [0, 0.1) is 10.1 Å². The first-order valence-corrected chi connectivity index (χ1v) is 7.97. The SMILES string of the molecule is CC(C)(CN)NS(=O)(=O)c1cc2c(cc1[N+](=O)[O-])OCCO2. The second-order valence-electron chi connectivity index (χ2n) is 5.41. The first-order valence-electron chi connectivity index (χ1n) is 6.48. The quantitative estimate of drug-likeness (QED) is 0.588. The van der Waals surface area contributed by atoms with E-state index in [-0.39, 0.29) is 31.3 Å². The molecule has 1 heterocycles. The lowest BCUT2D eigenvalue weighted by Crippen LogP contribution is -2.48. The summed E-state index contributed by atoms with van der Waals surface area (Å²) in [6, 6.07) is 2.15. The van der Waals surface area contributed by atoms with E-state index in [1.165, 1.54) is 0 Å². The zero-order chi connectivity index (χ0) is 16.5. The number of fused-ring (bicyclic) bond motifs is 1. The summed E-state index contributed by atoms with van der Waals surface area (Å²) in [5, 5.41) is 11.2. The van der Waals surface area contributed by atoms with Crippen LogP contribution in [0.5, 0.6) is 11.5 Å². The first-order chi connectivity index (χ1) is 10.2. The third-order valence-electron chi connectivity index (χ3n) is 3.03. The summed E-state index contributed by atoms with van der Waals surface area (Å²) in [6.07, 6.45) is 0. The Morgan fingerprint density at radius 1 is 1.32 bits per heavy atom. The van der Waals surface area contributed by atoms with Crippen LogP contribution in [-0.2, 0) is 10.0 Å². The molecular weight excluding hydrogens is 314 g/mol. The Morgan fingerprint density at radius 2 is 1.86 bits per heavy atom. The summed E-state index contributed by atoms with van der Waals surface area (Å²) < 4.78 is 37.8. The van der Waals surface area contributed by atoms with Gasteiger partial charge in [0.15, 0.2) is 16.4 Å². The molecule has 22 heavy (non-hydrogen) atoms. The van der Waals surface area contributed by atoms with Crippen molar-refractivity contribution < 1.29 is 22.8 Å². The molecule has 0 saturated carbocycles. The zero-order valence-electron chi connectivity index (χ0n) is 12.2. The molecule has 1 aromatic rings. The number of rotatable bonds is 5. The maximum Gasteiger partial charge on any atom is 0.293 e. The predicted octanol–water partition coefficient (Wildman–Crippen LogP) is 0.382. The van der Waals surface area contributed by atoms with Gasteiger partial charge in [-0.05, 0) is 13.8 Å². The fourth-order valence-corrected chi connectivity index (χ4v) is 3.47. The minimum absolute atomic E-state index is 0.0323. The lowest BCUT2D eigenvalue weighted by Gasteiger charge is -2.24. The lowest BCUT2D eigenvalue weighted by molar-refractivity contribution is -0.388. The van der Waals surface area contributed by atoms with Gasteiger partial charge in [-0.15, -0.1) is 0 Å². The van der Waals surface area contributed by atoms with E-state index in [1.54, 1.807) is 13.8 Å². The van der Waals surface area contributed by atoms with Crippen molar-refractivity contribution in [3.05, 3.63) is 22.2 Å². The van der Waals surface area contributed by atoms with Gasteiger partial charge in [0.05, 0.1) is 11.0 Å². The summed E-state index contributed by atoms with van der Waals surface area (Å²) in [7, 11) is -4.15. The molecule has 0 unspecified atom stereocenters. The van der Waals surface area contributed by atoms with Crippen LogP contribution in [0.2, 0.25) is 0 Å². The molecule has 1 aromatic carbocycles. The number of benzene rings is 1. The predicted molar refractivity (Wildman–Crippen MR) is 77.5 cm³/mol. The third-order valence-corrected chi connectivity index (χ3v) is 4.76. The van der Waals surface area contributed by atoms with Gasteiger partial charge in [-0.25, -0.2) is 13.1 Å². The Labute approximate surface area is 127 Å². The summed E-state index contributed by atoms with van der Waals surface area (Å²) in [5.41, 5.74) is 3.97. The van der Waals surface area contributed by atoms with Gasteiger partial charge in [0.1, 0.15) is 13.2 Å². The molecule has 0 spiro atoms. The van der Waals surface area contributed by atoms with E-state index in [2.05, 4.69) is 4.72 Å². The number of sulfonamides is 1. The largest absolute Gasteiger partial charge is 0.486 e. The normalized spacial score (nSPS) is 14.7. The number of nitrogens with zero attached hydrogens (tertiary/aromatic N) is 1. The molecule has 3 N–H and O–H groups in total. The fourth-order valence-electron chi connectivity index (χ4n) is 1.88. The van der Waals surface area contributed by atoms with E-state index in [0.29, 0.717) is 0 Å². The highest BCUT2D eigenvalue weighted by Gasteiger charge is 2.33. The summed E-state index contributed by atoms with van der Waals surface area (Å²) >= 11 is 0. The van der Waals surface area contributed by atoms with E-state index < -0.39 is 31.1 Å². The molecular formula is C12H17N3O6S. The molecule has 0 bridgehead atoms. The van der Waals surface area contributed by atoms with Gasteiger partial charge in [-0.1, -0.05) is 0 Å². The molecule has 1 aliphatic heterocycles. The van der Waals surface area contributed by atoms with Crippen molar-refractivity contribution in [2.45, 2.75) is 24.3 Å². The van der Waals surface area contributed by atoms with E-state index in [4.69, 9.17) is 15.2 Å². The van der Waals surface area contributed by atoms with Crippen LogP contribution in [0.3, 0.4) is 0 Å². The summed E-state index contributed by atoms with van der Waals surface area (Å²) in [4.78, 5) is 9.92. The molecule has 0 aliphatic carbocycles. The van der Waals surface area contributed by atoms with Crippen molar-refractivity contribution in [3.8, 4) is 11.5 Å². The molecule has 0 saturated heterocycles. The van der Waals surface area contributed by atoms with Gasteiger partial charge in [0, 0.05) is 18.2 Å². The number of nitro benzene ring substituents is 1. The summed E-state index contributed by atoms with van der Waals surface area (Å²) in [6.45, 7) is 3.67. The topological polar surface area (TPSA) is 134 Å². The molecule has 9 nitrogen and oxygen atoms in total. The highest BCUT2D eigenvalue weighted by Crippen LogP contribution is 2.38. The molecule has 0 amide bonds. The van der Waals surface area contributed by atoms with E-state index in [9.17, 15) is 18.5 Å². The zero-order valence-corrected chi connectivity index (χ0v) is 13.0. The van der Waals surface area contributed by atoms with Crippen molar-refractivity contribution in [2.24, 2.45) is 5.73 Å². The molecule has 122 valence electrons. The molecule has 0 radical (unpaired) electrons. The van der Waals surface area contributed by atoms with Crippen LogP contribution in [0.25, 0.3) is 0 Å². The van der Waals surface area contributed by atoms with Crippen molar-refractivity contribution in [1.82, 2.24) is 4.72 Å². The van der Waals surface area contributed by atoms with E-state index >= 15 is 0 Å². The standard InChI is InChI=1S/C12H17N3O6S/c1-12(2,7-13)14-22(18,19)11-6-10-9(20-3-4-21-10)5-8(11)15(16)17/h5-6,14H,3-4,7,13H2,1-2H3. The maximum absolute atomic E-state index is 12.5. The van der Waals surface area contributed by atoms with Gasteiger partial charge in [-0.2, -0.15) is 0 Å². The van der Waals surface area contributed by atoms with Crippen LogP contribution < -0.4 is 19.9 Å². The number of nitro groups is 1. The fraction of sp³-hybridized carbons (Fsp3) is 0.500. The highest BCUT2D eigenvalue weighted by molar-refractivity contribution is 7.89. The van der Waals surface area contributed by atoms with Gasteiger partial charge in [0.25, 0.3) is 5.69 Å². The van der Waals surface area contributed by atoms with E-state index in [1.807, 2.05) is 0 Å². The molecule has 10 heteroatoms. The van der Waals surface area contributed by atoms with Crippen LogP contribution in [0.15, 0.2) is 17.0 Å². The Hall–Kier alpha value is -1.91.